The van der Waals surface area contributed by atoms with Crippen LogP contribution in [-0.2, 0) is 0 Å². The van der Waals surface area contributed by atoms with Crippen LogP contribution in [0.5, 0.6) is 0 Å². The summed E-state index contributed by atoms with van der Waals surface area (Å²) in [5.41, 5.74) is 0. The van der Waals surface area contributed by atoms with Crippen LogP contribution in [0.4, 0.5) is 0 Å². The number of hydrogen-bond acceptors (Lipinski definition) is 4. The minimum Gasteiger partial charge on any atom is -0.337 e. The molecule has 0 fully saturated rings. The third-order valence-electron chi connectivity index (χ3n) is 2.72. The van der Waals surface area contributed by atoms with Crippen molar-refractivity contribution in [3.05, 3.63) is 22.4 Å². The van der Waals surface area contributed by atoms with E-state index in [1.54, 1.807) is 16.2 Å². The van der Waals surface area contributed by atoms with Gasteiger partial charge in [-0.2, -0.15) is 5.26 Å². The molecule has 0 N–H and O–H groups in total. The molecule has 3 nitrogen and oxygen atoms in total. The minimum atomic E-state index is 0.0531. The van der Waals surface area contributed by atoms with E-state index in [0.29, 0.717) is 25.4 Å². The van der Waals surface area contributed by atoms with Crippen molar-refractivity contribution in [2.75, 3.05) is 13.1 Å². The van der Waals surface area contributed by atoms with E-state index < -0.39 is 0 Å². The molecule has 2 rings (SSSR count). The Kier molecular flexibility index (Phi) is 4.56. The molecule has 0 bridgehead atoms. The second kappa shape index (κ2) is 6.18. The van der Waals surface area contributed by atoms with Crippen molar-refractivity contribution in [2.45, 2.75) is 20.3 Å². The Bertz CT molecular complexity index is 578. The Morgan fingerprint density at radius 3 is 2.89 bits per heavy atom. The van der Waals surface area contributed by atoms with Crippen molar-refractivity contribution >= 4 is 38.0 Å². The lowest BCUT2D eigenvalue weighted by Crippen LogP contribution is -2.34. The molecule has 100 valence electrons. The van der Waals surface area contributed by atoms with Crippen molar-refractivity contribution in [3.8, 4) is 6.07 Å². The van der Waals surface area contributed by atoms with Gasteiger partial charge in [-0.15, -0.1) is 22.7 Å². The Morgan fingerprint density at radius 1 is 1.47 bits per heavy atom. The Labute approximate surface area is 121 Å². The molecular formula is C14H16N2OS2. The van der Waals surface area contributed by atoms with E-state index in [1.165, 1.54) is 11.3 Å². The second-order valence-electron chi connectivity index (χ2n) is 4.81. The van der Waals surface area contributed by atoms with Crippen molar-refractivity contribution in [1.82, 2.24) is 4.90 Å². The predicted octanol–water partition coefficient (Wildman–Crippen LogP) is 3.97. The van der Waals surface area contributed by atoms with Crippen molar-refractivity contribution in [1.29, 1.82) is 5.26 Å². The number of hydrogen-bond donors (Lipinski definition) is 0. The number of amides is 1. The van der Waals surface area contributed by atoms with Gasteiger partial charge < -0.3 is 4.90 Å². The predicted molar refractivity (Wildman–Crippen MR) is 80.7 cm³/mol. The fraction of sp³-hybridized carbons (Fsp3) is 0.429. The van der Waals surface area contributed by atoms with Gasteiger partial charge in [0.2, 0.25) is 0 Å². The number of fused-ring (bicyclic) bond motifs is 1. The highest BCUT2D eigenvalue weighted by atomic mass is 32.1. The van der Waals surface area contributed by atoms with Gasteiger partial charge in [0, 0.05) is 22.5 Å². The number of nitriles is 1. The van der Waals surface area contributed by atoms with Crippen LogP contribution in [-0.4, -0.2) is 23.9 Å². The van der Waals surface area contributed by atoms with E-state index in [1.807, 2.05) is 17.5 Å². The Hall–Kier alpha value is -1.38. The molecule has 0 radical (unpaired) electrons. The normalized spacial score (nSPS) is 10.8. The maximum atomic E-state index is 12.5. The zero-order chi connectivity index (χ0) is 13.8. The SMILES string of the molecule is CC(C)CN(CCC#N)C(=O)c1cc2sccc2s1. The summed E-state index contributed by atoms with van der Waals surface area (Å²) in [7, 11) is 0. The van der Waals surface area contributed by atoms with Crippen LogP contribution in [0.15, 0.2) is 17.5 Å². The molecule has 0 aliphatic carbocycles. The number of rotatable bonds is 5. The second-order valence-corrected chi connectivity index (χ2v) is 6.84. The highest BCUT2D eigenvalue weighted by Gasteiger charge is 2.19. The summed E-state index contributed by atoms with van der Waals surface area (Å²) in [5.74, 6) is 0.459. The lowest BCUT2D eigenvalue weighted by Gasteiger charge is -2.22. The summed E-state index contributed by atoms with van der Waals surface area (Å²) in [6, 6.07) is 6.12. The molecule has 2 aromatic rings. The smallest absolute Gasteiger partial charge is 0.264 e. The van der Waals surface area contributed by atoms with Crippen LogP contribution in [0.2, 0.25) is 0 Å². The minimum absolute atomic E-state index is 0.0531. The third-order valence-corrected chi connectivity index (χ3v) is 4.80. The quantitative estimate of drug-likeness (QED) is 0.836. The van der Waals surface area contributed by atoms with Gasteiger partial charge >= 0.3 is 0 Å². The van der Waals surface area contributed by atoms with E-state index in [4.69, 9.17) is 5.26 Å². The van der Waals surface area contributed by atoms with E-state index in [0.717, 1.165) is 14.3 Å². The first-order valence-corrected chi connectivity index (χ1v) is 7.94. The standard InChI is InChI=1S/C14H16N2OS2/c1-10(2)9-16(6-3-5-15)14(17)13-8-12-11(19-13)4-7-18-12/h4,7-8,10H,3,6,9H2,1-2H3. The molecule has 1 amide bonds. The highest BCUT2D eigenvalue weighted by molar-refractivity contribution is 7.27. The van der Waals surface area contributed by atoms with Crippen LogP contribution >= 0.6 is 22.7 Å². The van der Waals surface area contributed by atoms with E-state index >= 15 is 0 Å². The molecule has 0 saturated carbocycles. The number of carbonyl (C=O) groups is 1. The topological polar surface area (TPSA) is 44.1 Å². The highest BCUT2D eigenvalue weighted by Crippen LogP contribution is 2.30. The van der Waals surface area contributed by atoms with Crippen molar-refractivity contribution < 1.29 is 4.79 Å². The monoisotopic (exact) mass is 292 g/mol. The summed E-state index contributed by atoms with van der Waals surface area (Å²) in [6.45, 7) is 5.38. The maximum absolute atomic E-state index is 12.5. The summed E-state index contributed by atoms with van der Waals surface area (Å²) < 4.78 is 2.33. The van der Waals surface area contributed by atoms with Gasteiger partial charge in [0.25, 0.3) is 5.91 Å². The summed E-state index contributed by atoms with van der Waals surface area (Å²) in [6.07, 6.45) is 0.387. The van der Waals surface area contributed by atoms with Gasteiger partial charge in [0.1, 0.15) is 0 Å². The van der Waals surface area contributed by atoms with Crippen LogP contribution < -0.4 is 0 Å². The summed E-state index contributed by atoms with van der Waals surface area (Å²) in [5, 5.41) is 10.7. The summed E-state index contributed by atoms with van der Waals surface area (Å²) >= 11 is 3.19. The van der Waals surface area contributed by atoms with Crippen LogP contribution in [0, 0.1) is 17.2 Å². The molecule has 0 aromatic carbocycles. The van der Waals surface area contributed by atoms with Gasteiger partial charge in [0.15, 0.2) is 0 Å². The van der Waals surface area contributed by atoms with Crippen LogP contribution in [0.3, 0.4) is 0 Å². The maximum Gasteiger partial charge on any atom is 0.264 e. The number of thiophene rings is 2. The van der Waals surface area contributed by atoms with E-state index in [2.05, 4.69) is 19.9 Å². The molecule has 0 spiro atoms. The molecular weight excluding hydrogens is 276 g/mol. The Morgan fingerprint density at radius 2 is 2.26 bits per heavy atom. The molecule has 0 atom stereocenters. The third kappa shape index (κ3) is 3.34. The molecule has 0 aliphatic heterocycles. The molecule has 5 heteroatoms. The van der Waals surface area contributed by atoms with Gasteiger partial charge in [0.05, 0.1) is 17.4 Å². The average molecular weight is 292 g/mol. The fourth-order valence-corrected chi connectivity index (χ4v) is 4.01. The van der Waals surface area contributed by atoms with Crippen molar-refractivity contribution in [2.24, 2.45) is 5.92 Å². The molecule has 2 aromatic heterocycles. The lowest BCUT2D eigenvalue weighted by molar-refractivity contribution is 0.0745. The lowest BCUT2D eigenvalue weighted by atomic mass is 10.2. The first-order valence-electron chi connectivity index (χ1n) is 6.25. The van der Waals surface area contributed by atoms with Gasteiger partial charge in [-0.1, -0.05) is 13.8 Å². The molecule has 0 unspecified atom stereocenters. The molecule has 0 saturated heterocycles. The first-order chi connectivity index (χ1) is 9.11. The van der Waals surface area contributed by atoms with E-state index in [-0.39, 0.29) is 5.91 Å². The number of carbonyl (C=O) groups excluding carboxylic acids is 1. The average Bonchev–Trinajstić information content (AvgIpc) is 2.93. The molecule has 0 aliphatic rings. The summed E-state index contributed by atoms with van der Waals surface area (Å²) in [4.78, 5) is 15.1. The van der Waals surface area contributed by atoms with E-state index in [9.17, 15) is 4.79 Å². The van der Waals surface area contributed by atoms with Gasteiger partial charge in [-0.3, -0.25) is 4.79 Å². The molecule has 19 heavy (non-hydrogen) atoms. The Balaban J connectivity index is 2.18. The largest absolute Gasteiger partial charge is 0.337 e. The van der Waals surface area contributed by atoms with Crippen LogP contribution in [0.25, 0.3) is 9.40 Å². The van der Waals surface area contributed by atoms with Gasteiger partial charge in [-0.05, 0) is 23.4 Å². The van der Waals surface area contributed by atoms with Crippen molar-refractivity contribution in [3.63, 3.8) is 0 Å². The zero-order valence-corrected chi connectivity index (χ0v) is 12.7. The van der Waals surface area contributed by atoms with Gasteiger partial charge in [-0.25, -0.2) is 0 Å². The fourth-order valence-electron chi connectivity index (χ4n) is 1.93. The first kappa shape index (κ1) is 14.0. The zero-order valence-electron chi connectivity index (χ0n) is 11.0. The number of nitrogens with zero attached hydrogens (tertiary/aromatic N) is 2. The van der Waals surface area contributed by atoms with Crippen LogP contribution in [0.1, 0.15) is 29.9 Å². The molecule has 2 heterocycles.